The van der Waals surface area contributed by atoms with Gasteiger partial charge in [-0.2, -0.15) is 0 Å². The number of benzene rings is 1. The van der Waals surface area contributed by atoms with Gasteiger partial charge in [-0.1, -0.05) is 44.2 Å². The summed E-state index contributed by atoms with van der Waals surface area (Å²) in [5.41, 5.74) is 1.05. The maximum atomic E-state index is 12.6. The van der Waals surface area contributed by atoms with Crippen molar-refractivity contribution in [1.29, 1.82) is 0 Å². The van der Waals surface area contributed by atoms with Crippen LogP contribution < -0.4 is 10.6 Å². The Labute approximate surface area is 160 Å². The van der Waals surface area contributed by atoms with E-state index in [0.717, 1.165) is 18.4 Å². The van der Waals surface area contributed by atoms with Gasteiger partial charge in [0.05, 0.1) is 25.6 Å². The van der Waals surface area contributed by atoms with E-state index in [1.165, 1.54) is 0 Å². The molecule has 2 N–H and O–H groups in total. The SMILES string of the molecule is CCCOC(=O)CC1C(=O)NCCN1CC(=O)NC(CC)c1ccccc1. The van der Waals surface area contributed by atoms with Gasteiger partial charge in [-0.3, -0.25) is 19.3 Å². The Hall–Kier alpha value is -2.41. The van der Waals surface area contributed by atoms with Gasteiger partial charge in [-0.15, -0.1) is 0 Å². The van der Waals surface area contributed by atoms with E-state index in [4.69, 9.17) is 4.74 Å². The molecule has 1 aromatic rings. The van der Waals surface area contributed by atoms with Gasteiger partial charge in [0, 0.05) is 13.1 Å². The highest BCUT2D eigenvalue weighted by atomic mass is 16.5. The number of carbonyl (C=O) groups is 3. The van der Waals surface area contributed by atoms with Crippen molar-refractivity contribution in [3.63, 3.8) is 0 Å². The summed E-state index contributed by atoms with van der Waals surface area (Å²) in [5.74, 6) is -0.815. The number of amides is 2. The average molecular weight is 375 g/mol. The molecule has 2 atom stereocenters. The van der Waals surface area contributed by atoms with Crippen molar-refractivity contribution in [2.24, 2.45) is 0 Å². The van der Waals surface area contributed by atoms with Crippen molar-refractivity contribution in [3.05, 3.63) is 35.9 Å². The molecule has 0 saturated carbocycles. The van der Waals surface area contributed by atoms with Crippen molar-refractivity contribution in [2.75, 3.05) is 26.2 Å². The molecule has 1 fully saturated rings. The lowest BCUT2D eigenvalue weighted by atomic mass is 10.0. The summed E-state index contributed by atoms with van der Waals surface area (Å²) in [6.07, 6.45) is 1.45. The summed E-state index contributed by atoms with van der Waals surface area (Å²) >= 11 is 0. The average Bonchev–Trinajstić information content (AvgIpc) is 2.67. The number of hydrogen-bond donors (Lipinski definition) is 2. The second-order valence-electron chi connectivity index (χ2n) is 6.64. The standard InChI is InChI=1S/C20H29N3O4/c1-3-12-27-19(25)13-17-20(26)21-10-11-23(17)14-18(24)22-16(4-2)15-8-6-5-7-9-15/h5-9,16-17H,3-4,10-14H2,1-2H3,(H,21,26)(H,22,24). The first-order valence-electron chi connectivity index (χ1n) is 9.56. The predicted octanol–water partition coefficient (Wildman–Crippen LogP) is 1.40. The number of nitrogens with one attached hydrogen (secondary N) is 2. The summed E-state index contributed by atoms with van der Waals surface area (Å²) in [7, 11) is 0. The van der Waals surface area contributed by atoms with E-state index in [-0.39, 0.29) is 30.8 Å². The highest BCUT2D eigenvalue weighted by Crippen LogP contribution is 2.16. The number of piperazine rings is 1. The molecule has 1 aliphatic heterocycles. The summed E-state index contributed by atoms with van der Waals surface area (Å²) < 4.78 is 5.09. The van der Waals surface area contributed by atoms with Crippen LogP contribution in [0.15, 0.2) is 30.3 Å². The molecule has 0 bridgehead atoms. The molecule has 27 heavy (non-hydrogen) atoms. The van der Waals surface area contributed by atoms with Crippen LogP contribution in [0.1, 0.15) is 44.7 Å². The molecule has 0 radical (unpaired) electrons. The first-order chi connectivity index (χ1) is 13.0. The van der Waals surface area contributed by atoms with Crippen LogP contribution in [0.5, 0.6) is 0 Å². The Morgan fingerprint density at radius 2 is 2.04 bits per heavy atom. The van der Waals surface area contributed by atoms with Crippen molar-refractivity contribution in [2.45, 2.75) is 45.2 Å². The zero-order chi connectivity index (χ0) is 19.6. The van der Waals surface area contributed by atoms with Crippen molar-refractivity contribution in [1.82, 2.24) is 15.5 Å². The fraction of sp³-hybridized carbons (Fsp3) is 0.550. The summed E-state index contributed by atoms with van der Waals surface area (Å²) in [6, 6.07) is 9.03. The van der Waals surface area contributed by atoms with E-state index in [1.807, 2.05) is 44.2 Å². The van der Waals surface area contributed by atoms with Crippen LogP contribution in [-0.4, -0.2) is 55.0 Å². The Morgan fingerprint density at radius 3 is 2.70 bits per heavy atom. The number of esters is 1. The molecule has 7 nitrogen and oxygen atoms in total. The molecule has 148 valence electrons. The van der Waals surface area contributed by atoms with Gasteiger partial charge in [-0.25, -0.2) is 0 Å². The second-order valence-corrected chi connectivity index (χ2v) is 6.64. The largest absolute Gasteiger partial charge is 0.466 e. The molecule has 0 spiro atoms. The number of ether oxygens (including phenoxy) is 1. The molecule has 1 heterocycles. The van der Waals surface area contributed by atoms with Crippen molar-refractivity contribution in [3.8, 4) is 0 Å². The van der Waals surface area contributed by atoms with Gasteiger partial charge >= 0.3 is 5.97 Å². The molecule has 1 aliphatic rings. The Bertz CT molecular complexity index is 635. The Kier molecular flexibility index (Phi) is 8.26. The number of rotatable bonds is 9. The van der Waals surface area contributed by atoms with Crippen molar-refractivity contribution >= 4 is 17.8 Å². The van der Waals surface area contributed by atoms with Gasteiger partial charge in [0.25, 0.3) is 0 Å². The van der Waals surface area contributed by atoms with Gasteiger partial charge in [0.2, 0.25) is 11.8 Å². The molecule has 0 aromatic heterocycles. The van der Waals surface area contributed by atoms with Crippen LogP contribution in [0.3, 0.4) is 0 Å². The van der Waals surface area contributed by atoms with E-state index in [1.54, 1.807) is 4.90 Å². The maximum absolute atomic E-state index is 12.6. The lowest BCUT2D eigenvalue weighted by Crippen LogP contribution is -2.58. The lowest BCUT2D eigenvalue weighted by molar-refractivity contribution is -0.149. The number of hydrogen-bond acceptors (Lipinski definition) is 5. The molecule has 0 aliphatic carbocycles. The van der Waals surface area contributed by atoms with E-state index in [0.29, 0.717) is 19.7 Å². The monoisotopic (exact) mass is 375 g/mol. The van der Waals surface area contributed by atoms with E-state index < -0.39 is 12.0 Å². The molecular formula is C20H29N3O4. The fourth-order valence-corrected chi connectivity index (χ4v) is 3.14. The lowest BCUT2D eigenvalue weighted by Gasteiger charge is -2.34. The number of nitrogens with zero attached hydrogens (tertiary/aromatic N) is 1. The minimum Gasteiger partial charge on any atom is -0.466 e. The van der Waals surface area contributed by atoms with Crippen LogP contribution in [0.25, 0.3) is 0 Å². The molecule has 7 heteroatoms. The van der Waals surface area contributed by atoms with Crippen LogP contribution in [-0.2, 0) is 19.1 Å². The van der Waals surface area contributed by atoms with E-state index in [9.17, 15) is 14.4 Å². The smallest absolute Gasteiger partial charge is 0.307 e. The first-order valence-corrected chi connectivity index (χ1v) is 9.56. The van der Waals surface area contributed by atoms with Gasteiger partial charge < -0.3 is 15.4 Å². The summed E-state index contributed by atoms with van der Waals surface area (Å²) in [4.78, 5) is 38.4. The first kappa shape index (κ1) is 20.9. The fourth-order valence-electron chi connectivity index (χ4n) is 3.14. The minimum absolute atomic E-state index is 0.0466. The van der Waals surface area contributed by atoms with E-state index in [2.05, 4.69) is 10.6 Å². The minimum atomic E-state index is -0.675. The highest BCUT2D eigenvalue weighted by Gasteiger charge is 2.33. The van der Waals surface area contributed by atoms with Crippen LogP contribution in [0, 0.1) is 0 Å². The molecule has 2 amide bonds. The second kappa shape index (κ2) is 10.7. The molecule has 2 rings (SSSR count). The van der Waals surface area contributed by atoms with Gasteiger partial charge in [0.15, 0.2) is 0 Å². The third-order valence-electron chi connectivity index (χ3n) is 4.56. The zero-order valence-corrected chi connectivity index (χ0v) is 16.1. The van der Waals surface area contributed by atoms with Gasteiger partial charge in [0.1, 0.15) is 6.04 Å². The molecule has 1 aromatic carbocycles. The zero-order valence-electron chi connectivity index (χ0n) is 16.1. The Balaban J connectivity index is 1.96. The third-order valence-corrected chi connectivity index (χ3v) is 4.56. The molecule has 1 saturated heterocycles. The quantitative estimate of drug-likeness (QED) is 0.637. The predicted molar refractivity (Wildman–Crippen MR) is 102 cm³/mol. The summed E-state index contributed by atoms with van der Waals surface area (Å²) in [6.45, 7) is 5.31. The van der Waals surface area contributed by atoms with E-state index >= 15 is 0 Å². The summed E-state index contributed by atoms with van der Waals surface area (Å²) in [5, 5.41) is 5.78. The molecular weight excluding hydrogens is 346 g/mol. The Morgan fingerprint density at radius 1 is 1.30 bits per heavy atom. The maximum Gasteiger partial charge on any atom is 0.307 e. The topological polar surface area (TPSA) is 87.7 Å². The van der Waals surface area contributed by atoms with Gasteiger partial charge in [-0.05, 0) is 18.4 Å². The highest BCUT2D eigenvalue weighted by molar-refractivity contribution is 5.88. The van der Waals surface area contributed by atoms with Crippen molar-refractivity contribution < 1.29 is 19.1 Å². The van der Waals surface area contributed by atoms with Crippen LogP contribution in [0.4, 0.5) is 0 Å². The number of carbonyl (C=O) groups excluding carboxylic acids is 3. The third kappa shape index (κ3) is 6.36. The normalized spacial score (nSPS) is 18.4. The van der Waals surface area contributed by atoms with Crippen LogP contribution in [0.2, 0.25) is 0 Å². The van der Waals surface area contributed by atoms with Crippen LogP contribution >= 0.6 is 0 Å². The molecule has 2 unspecified atom stereocenters.